The molecule has 3 rings (SSSR count). The number of amides is 3. The van der Waals surface area contributed by atoms with Gasteiger partial charge in [0.05, 0.1) is 4.92 Å². The van der Waals surface area contributed by atoms with Crippen LogP contribution in [0.3, 0.4) is 0 Å². The molecule has 2 aromatic carbocycles. The fourth-order valence-corrected chi connectivity index (χ4v) is 3.16. The SMILES string of the molecule is Cc1ccc(NC(=O)N2CCN(C(=O)/C=C/c3ccc([N+](=O)[O-])cc3)CC2)cc1Cl. The van der Waals surface area contributed by atoms with Gasteiger partial charge in [-0.3, -0.25) is 14.9 Å². The van der Waals surface area contributed by atoms with Gasteiger partial charge in [0.25, 0.3) is 5.69 Å². The van der Waals surface area contributed by atoms with E-state index in [1.54, 1.807) is 40.1 Å². The minimum absolute atomic E-state index is 0.000726. The lowest BCUT2D eigenvalue weighted by molar-refractivity contribution is -0.384. The molecule has 1 aliphatic heterocycles. The number of nitrogens with one attached hydrogen (secondary N) is 1. The standard InChI is InChI=1S/C21H21ClN4O4/c1-15-2-6-17(14-19(15)22)23-21(28)25-12-10-24(11-13-25)20(27)9-5-16-3-7-18(8-4-16)26(29)30/h2-9,14H,10-13H2,1H3,(H,23,28)/b9-5+. The molecule has 1 N–H and O–H groups in total. The van der Waals surface area contributed by atoms with Gasteiger partial charge in [0.2, 0.25) is 5.91 Å². The summed E-state index contributed by atoms with van der Waals surface area (Å²) in [4.78, 5) is 38.3. The van der Waals surface area contributed by atoms with Crippen molar-refractivity contribution in [2.75, 3.05) is 31.5 Å². The van der Waals surface area contributed by atoms with Crippen molar-refractivity contribution in [1.29, 1.82) is 0 Å². The summed E-state index contributed by atoms with van der Waals surface area (Å²) in [6.07, 6.45) is 3.05. The van der Waals surface area contributed by atoms with E-state index in [2.05, 4.69) is 5.32 Å². The van der Waals surface area contributed by atoms with Crippen molar-refractivity contribution in [3.05, 3.63) is 74.8 Å². The molecule has 1 aliphatic rings. The zero-order valence-corrected chi connectivity index (χ0v) is 17.1. The average molecular weight is 429 g/mol. The summed E-state index contributed by atoms with van der Waals surface area (Å²) < 4.78 is 0. The zero-order valence-electron chi connectivity index (χ0n) is 16.4. The van der Waals surface area contributed by atoms with Crippen molar-refractivity contribution in [2.45, 2.75) is 6.92 Å². The van der Waals surface area contributed by atoms with Crippen LogP contribution in [0.4, 0.5) is 16.2 Å². The highest BCUT2D eigenvalue weighted by Crippen LogP contribution is 2.20. The first kappa shape index (κ1) is 21.3. The third kappa shape index (κ3) is 5.36. The van der Waals surface area contributed by atoms with E-state index in [4.69, 9.17) is 11.6 Å². The lowest BCUT2D eigenvalue weighted by Gasteiger charge is -2.34. The number of halogens is 1. The maximum absolute atomic E-state index is 12.4. The first-order valence-electron chi connectivity index (χ1n) is 9.37. The number of benzene rings is 2. The van der Waals surface area contributed by atoms with Crippen LogP contribution in [0.25, 0.3) is 6.08 Å². The number of nitro benzene ring substituents is 1. The molecule has 0 bridgehead atoms. The van der Waals surface area contributed by atoms with Crippen LogP contribution in [0.1, 0.15) is 11.1 Å². The molecule has 30 heavy (non-hydrogen) atoms. The van der Waals surface area contributed by atoms with E-state index in [1.807, 2.05) is 13.0 Å². The van der Waals surface area contributed by atoms with Crippen molar-refractivity contribution in [3.8, 4) is 0 Å². The van der Waals surface area contributed by atoms with Gasteiger partial charge in [0.1, 0.15) is 0 Å². The molecule has 0 unspecified atom stereocenters. The highest BCUT2D eigenvalue weighted by atomic mass is 35.5. The van der Waals surface area contributed by atoms with Gasteiger partial charge in [0, 0.05) is 55.1 Å². The van der Waals surface area contributed by atoms with Crippen molar-refractivity contribution in [2.24, 2.45) is 0 Å². The molecule has 2 aromatic rings. The summed E-state index contributed by atoms with van der Waals surface area (Å²) in [5.41, 5.74) is 2.26. The van der Waals surface area contributed by atoms with E-state index in [9.17, 15) is 19.7 Å². The molecular weight excluding hydrogens is 408 g/mol. The summed E-state index contributed by atoms with van der Waals surface area (Å²) in [5.74, 6) is -0.168. The molecule has 1 heterocycles. The first-order chi connectivity index (χ1) is 14.3. The Morgan fingerprint density at radius 2 is 1.70 bits per heavy atom. The Morgan fingerprint density at radius 3 is 2.30 bits per heavy atom. The molecule has 1 saturated heterocycles. The van der Waals surface area contributed by atoms with E-state index >= 15 is 0 Å². The number of aryl methyl sites for hydroxylation is 1. The number of nitro groups is 1. The molecular formula is C21H21ClN4O4. The number of piperazine rings is 1. The predicted molar refractivity (Wildman–Crippen MR) is 115 cm³/mol. The second-order valence-electron chi connectivity index (χ2n) is 6.89. The number of rotatable bonds is 4. The fourth-order valence-electron chi connectivity index (χ4n) is 2.98. The van der Waals surface area contributed by atoms with Crippen LogP contribution in [0.5, 0.6) is 0 Å². The van der Waals surface area contributed by atoms with Crippen molar-refractivity contribution in [3.63, 3.8) is 0 Å². The fraction of sp³-hybridized carbons (Fsp3) is 0.238. The Bertz CT molecular complexity index is 983. The van der Waals surface area contributed by atoms with Gasteiger partial charge in [-0.2, -0.15) is 0 Å². The van der Waals surface area contributed by atoms with Crippen LogP contribution < -0.4 is 5.32 Å². The van der Waals surface area contributed by atoms with E-state index in [0.717, 1.165) is 5.56 Å². The topological polar surface area (TPSA) is 95.8 Å². The third-order valence-corrected chi connectivity index (χ3v) is 5.23. The number of nitrogens with zero attached hydrogens (tertiary/aromatic N) is 3. The van der Waals surface area contributed by atoms with Gasteiger partial charge >= 0.3 is 6.03 Å². The van der Waals surface area contributed by atoms with Crippen molar-refractivity contribution in [1.82, 2.24) is 9.80 Å². The lowest BCUT2D eigenvalue weighted by Crippen LogP contribution is -2.51. The van der Waals surface area contributed by atoms with Crippen LogP contribution in [0.2, 0.25) is 5.02 Å². The van der Waals surface area contributed by atoms with Crippen molar-refractivity contribution < 1.29 is 14.5 Å². The summed E-state index contributed by atoms with van der Waals surface area (Å²) in [5, 5.41) is 14.1. The number of urea groups is 1. The van der Waals surface area contributed by atoms with Crippen LogP contribution in [-0.4, -0.2) is 52.8 Å². The first-order valence-corrected chi connectivity index (χ1v) is 9.75. The molecule has 0 aliphatic carbocycles. The number of hydrogen-bond acceptors (Lipinski definition) is 4. The number of hydrogen-bond donors (Lipinski definition) is 1. The summed E-state index contributed by atoms with van der Waals surface area (Å²) in [6.45, 7) is 3.57. The highest BCUT2D eigenvalue weighted by Gasteiger charge is 2.23. The van der Waals surface area contributed by atoms with E-state index < -0.39 is 4.92 Å². The van der Waals surface area contributed by atoms with Gasteiger partial charge in [-0.05, 0) is 48.4 Å². The van der Waals surface area contributed by atoms with Gasteiger partial charge in [-0.1, -0.05) is 17.7 Å². The Hall–Kier alpha value is -3.39. The van der Waals surface area contributed by atoms with Gasteiger partial charge in [-0.25, -0.2) is 4.79 Å². The van der Waals surface area contributed by atoms with Crippen LogP contribution in [0.15, 0.2) is 48.5 Å². The molecule has 8 nitrogen and oxygen atoms in total. The van der Waals surface area contributed by atoms with Gasteiger partial charge < -0.3 is 15.1 Å². The molecule has 156 valence electrons. The molecule has 1 fully saturated rings. The van der Waals surface area contributed by atoms with Gasteiger partial charge in [0.15, 0.2) is 0 Å². The maximum atomic E-state index is 12.4. The van der Waals surface area contributed by atoms with Gasteiger partial charge in [-0.15, -0.1) is 0 Å². The Labute approximate surface area is 178 Å². The molecule has 0 radical (unpaired) electrons. The lowest BCUT2D eigenvalue weighted by atomic mass is 10.2. The van der Waals surface area contributed by atoms with E-state index in [0.29, 0.717) is 42.5 Å². The Morgan fingerprint density at radius 1 is 1.07 bits per heavy atom. The molecule has 0 atom stereocenters. The second kappa shape index (κ2) is 9.41. The zero-order chi connectivity index (χ0) is 21.7. The highest BCUT2D eigenvalue weighted by molar-refractivity contribution is 6.31. The largest absolute Gasteiger partial charge is 0.336 e. The monoisotopic (exact) mass is 428 g/mol. The number of carbonyl (C=O) groups is 2. The second-order valence-corrected chi connectivity index (χ2v) is 7.30. The van der Waals surface area contributed by atoms with Crippen LogP contribution >= 0.6 is 11.6 Å². The van der Waals surface area contributed by atoms with Crippen molar-refractivity contribution >= 4 is 41.0 Å². The molecule has 0 spiro atoms. The van der Waals surface area contributed by atoms with E-state index in [1.165, 1.54) is 18.2 Å². The molecule has 3 amide bonds. The third-order valence-electron chi connectivity index (χ3n) is 4.82. The Kier molecular flexibility index (Phi) is 6.68. The molecule has 9 heteroatoms. The minimum Gasteiger partial charge on any atom is -0.336 e. The molecule has 0 saturated carbocycles. The number of carbonyl (C=O) groups excluding carboxylic acids is 2. The van der Waals surface area contributed by atoms with Crippen LogP contribution in [-0.2, 0) is 4.79 Å². The molecule has 0 aromatic heterocycles. The quantitative estimate of drug-likeness (QED) is 0.453. The van der Waals surface area contributed by atoms with E-state index in [-0.39, 0.29) is 17.6 Å². The number of non-ortho nitro benzene ring substituents is 1. The minimum atomic E-state index is -0.471. The summed E-state index contributed by atoms with van der Waals surface area (Å²) in [7, 11) is 0. The maximum Gasteiger partial charge on any atom is 0.321 e. The normalized spacial score (nSPS) is 14.1. The summed E-state index contributed by atoms with van der Waals surface area (Å²) in [6, 6.07) is 11.1. The summed E-state index contributed by atoms with van der Waals surface area (Å²) >= 11 is 6.09. The van der Waals surface area contributed by atoms with Crippen LogP contribution in [0, 0.1) is 17.0 Å². The smallest absolute Gasteiger partial charge is 0.321 e. The number of anilines is 1. The predicted octanol–water partition coefficient (Wildman–Crippen LogP) is 3.95. The average Bonchev–Trinajstić information content (AvgIpc) is 2.75. The Balaban J connectivity index is 1.50.